The van der Waals surface area contributed by atoms with Crippen LogP contribution in [0.15, 0.2) is 57.2 Å². The lowest BCUT2D eigenvalue weighted by Gasteiger charge is -2.38. The fraction of sp³-hybridized carbons (Fsp3) is 0.478. The van der Waals surface area contributed by atoms with E-state index in [9.17, 15) is 8.42 Å². The lowest BCUT2D eigenvalue weighted by Crippen LogP contribution is -2.46. The van der Waals surface area contributed by atoms with Crippen molar-refractivity contribution in [2.24, 2.45) is 0 Å². The van der Waals surface area contributed by atoms with Crippen molar-refractivity contribution in [1.29, 1.82) is 0 Å². The van der Waals surface area contributed by atoms with Crippen molar-refractivity contribution in [3.8, 4) is 0 Å². The predicted molar refractivity (Wildman–Crippen MR) is 121 cm³/mol. The number of rotatable bonds is 3. The minimum absolute atomic E-state index is 0.207. The van der Waals surface area contributed by atoms with Gasteiger partial charge in [0.2, 0.25) is 10.0 Å². The van der Waals surface area contributed by atoms with Crippen LogP contribution in [0.1, 0.15) is 30.0 Å². The second-order valence-electron chi connectivity index (χ2n) is 8.58. The van der Waals surface area contributed by atoms with E-state index in [0.717, 1.165) is 45.4 Å². The first-order chi connectivity index (χ1) is 14.5. The molecule has 0 aromatic heterocycles. The summed E-state index contributed by atoms with van der Waals surface area (Å²) >= 11 is 1.78. The smallest absolute Gasteiger partial charge is 0.243 e. The molecule has 0 saturated carbocycles. The van der Waals surface area contributed by atoms with Gasteiger partial charge in [-0.05, 0) is 61.7 Å². The van der Waals surface area contributed by atoms with E-state index < -0.39 is 10.0 Å². The average molecular weight is 444 g/mol. The summed E-state index contributed by atoms with van der Waals surface area (Å²) in [6.45, 7) is 5.40. The number of fused-ring (bicyclic) bond motifs is 2. The SMILES string of the molecule is CN1CCN(C2Cc3ccccc3Sc3ccc(S(=O)(=O)N4CCCC4)cc32)CC1. The molecule has 1 unspecified atom stereocenters. The molecule has 2 saturated heterocycles. The van der Waals surface area contributed by atoms with Crippen molar-refractivity contribution in [1.82, 2.24) is 14.1 Å². The first-order valence-corrected chi connectivity index (χ1v) is 13.1. The molecule has 2 aromatic rings. The molecule has 0 spiro atoms. The van der Waals surface area contributed by atoms with E-state index >= 15 is 0 Å². The van der Waals surface area contributed by atoms with Crippen LogP contribution in [0.2, 0.25) is 0 Å². The fourth-order valence-corrected chi connectivity index (χ4v) is 7.45. The molecule has 160 valence electrons. The van der Waals surface area contributed by atoms with Gasteiger partial charge in [0.05, 0.1) is 4.90 Å². The Labute approximate surface area is 184 Å². The fourth-order valence-electron chi connectivity index (χ4n) is 4.79. The highest BCUT2D eigenvalue weighted by molar-refractivity contribution is 7.99. The van der Waals surface area contributed by atoms with Crippen molar-refractivity contribution < 1.29 is 8.42 Å². The van der Waals surface area contributed by atoms with Crippen LogP contribution in [0.5, 0.6) is 0 Å². The number of piperazine rings is 1. The van der Waals surface area contributed by atoms with Gasteiger partial charge in [-0.1, -0.05) is 30.0 Å². The van der Waals surface area contributed by atoms with E-state index in [1.54, 1.807) is 16.1 Å². The number of nitrogens with zero attached hydrogens (tertiary/aromatic N) is 3. The molecule has 0 bridgehead atoms. The molecule has 1 atom stereocenters. The Hall–Kier alpha value is -1.38. The van der Waals surface area contributed by atoms with Gasteiger partial charge in [0.25, 0.3) is 0 Å². The molecule has 2 aromatic carbocycles. The largest absolute Gasteiger partial charge is 0.304 e. The number of hydrogen-bond acceptors (Lipinski definition) is 5. The van der Waals surface area contributed by atoms with E-state index in [4.69, 9.17) is 0 Å². The number of hydrogen-bond donors (Lipinski definition) is 0. The highest BCUT2D eigenvalue weighted by atomic mass is 32.2. The molecule has 7 heteroatoms. The molecule has 2 fully saturated rings. The third-order valence-corrected chi connectivity index (χ3v) is 9.73. The van der Waals surface area contributed by atoms with Gasteiger partial charge >= 0.3 is 0 Å². The Kier molecular flexibility index (Phi) is 5.66. The maximum Gasteiger partial charge on any atom is 0.243 e. The van der Waals surface area contributed by atoms with Crippen molar-refractivity contribution in [3.05, 3.63) is 53.6 Å². The van der Waals surface area contributed by atoms with Gasteiger partial charge in [-0.3, -0.25) is 4.90 Å². The summed E-state index contributed by atoms with van der Waals surface area (Å²) in [6.07, 6.45) is 2.84. The summed E-state index contributed by atoms with van der Waals surface area (Å²) in [7, 11) is -1.25. The zero-order chi connectivity index (χ0) is 20.7. The van der Waals surface area contributed by atoms with Gasteiger partial charge in [0.15, 0.2) is 0 Å². The van der Waals surface area contributed by atoms with E-state index in [0.29, 0.717) is 18.0 Å². The Balaban J connectivity index is 1.57. The molecule has 30 heavy (non-hydrogen) atoms. The molecule has 3 aliphatic heterocycles. The van der Waals surface area contributed by atoms with Crippen LogP contribution in [-0.2, 0) is 16.4 Å². The Morgan fingerprint density at radius 1 is 0.900 bits per heavy atom. The zero-order valence-corrected chi connectivity index (χ0v) is 19.1. The maximum atomic E-state index is 13.2. The number of sulfonamides is 1. The predicted octanol–water partition coefficient (Wildman–Crippen LogP) is 3.47. The van der Waals surface area contributed by atoms with Gasteiger partial charge in [0, 0.05) is 55.1 Å². The maximum absolute atomic E-state index is 13.2. The molecular formula is C23H29N3O2S2. The third-order valence-electron chi connectivity index (χ3n) is 6.63. The van der Waals surface area contributed by atoms with Gasteiger partial charge in [-0.2, -0.15) is 4.31 Å². The summed E-state index contributed by atoms with van der Waals surface area (Å²) in [5.41, 5.74) is 2.52. The first kappa shape index (κ1) is 20.5. The lowest BCUT2D eigenvalue weighted by atomic mass is 9.96. The summed E-state index contributed by atoms with van der Waals surface area (Å²) in [5.74, 6) is 0. The highest BCUT2D eigenvalue weighted by Gasteiger charge is 2.32. The van der Waals surface area contributed by atoms with Gasteiger partial charge in [-0.25, -0.2) is 8.42 Å². The van der Waals surface area contributed by atoms with Crippen LogP contribution in [0.4, 0.5) is 0 Å². The molecule has 5 nitrogen and oxygen atoms in total. The standard InChI is InChI=1S/C23H29N3O2S2/c1-24-12-14-25(15-13-24)21-16-18-6-2-3-7-22(18)29-23-9-8-19(17-20(21)23)30(27,28)26-10-4-5-11-26/h2-3,6-9,17,21H,4-5,10-16H2,1H3. The van der Waals surface area contributed by atoms with Crippen molar-refractivity contribution >= 4 is 21.8 Å². The molecule has 3 heterocycles. The summed E-state index contributed by atoms with van der Waals surface area (Å²) in [6, 6.07) is 14.6. The summed E-state index contributed by atoms with van der Waals surface area (Å²) in [5, 5.41) is 0. The third kappa shape index (κ3) is 3.82. The topological polar surface area (TPSA) is 43.9 Å². The van der Waals surface area contributed by atoms with Crippen LogP contribution in [0.25, 0.3) is 0 Å². The van der Waals surface area contributed by atoms with Crippen molar-refractivity contribution in [2.75, 3.05) is 46.3 Å². The average Bonchev–Trinajstić information content (AvgIpc) is 3.25. The van der Waals surface area contributed by atoms with E-state index in [1.807, 2.05) is 18.2 Å². The van der Waals surface area contributed by atoms with Gasteiger partial charge in [-0.15, -0.1) is 0 Å². The zero-order valence-electron chi connectivity index (χ0n) is 17.5. The van der Waals surface area contributed by atoms with Gasteiger partial charge in [0.1, 0.15) is 0 Å². The van der Waals surface area contributed by atoms with Crippen molar-refractivity contribution in [2.45, 2.75) is 40.0 Å². The van der Waals surface area contributed by atoms with Gasteiger partial charge < -0.3 is 4.90 Å². The van der Waals surface area contributed by atoms with E-state index in [1.165, 1.54) is 20.9 Å². The van der Waals surface area contributed by atoms with E-state index in [2.05, 4.69) is 41.1 Å². The van der Waals surface area contributed by atoms with Crippen LogP contribution < -0.4 is 0 Å². The Morgan fingerprint density at radius 2 is 1.63 bits per heavy atom. The molecule has 3 aliphatic rings. The summed E-state index contributed by atoms with van der Waals surface area (Å²) in [4.78, 5) is 7.84. The monoisotopic (exact) mass is 443 g/mol. The molecular weight excluding hydrogens is 414 g/mol. The normalized spacial score (nSPS) is 23.7. The van der Waals surface area contributed by atoms with Crippen LogP contribution in [0, 0.1) is 0 Å². The molecule has 0 amide bonds. The Bertz CT molecular complexity index is 1030. The lowest BCUT2D eigenvalue weighted by molar-refractivity contribution is 0.109. The second kappa shape index (κ2) is 8.28. The van der Waals surface area contributed by atoms with Crippen LogP contribution in [-0.4, -0.2) is 68.8 Å². The molecule has 0 N–H and O–H groups in total. The minimum Gasteiger partial charge on any atom is -0.304 e. The number of likely N-dealkylation sites (N-methyl/N-ethyl adjacent to an activating group) is 1. The first-order valence-electron chi connectivity index (χ1n) is 10.8. The minimum atomic E-state index is -3.42. The van der Waals surface area contributed by atoms with Crippen molar-refractivity contribution in [3.63, 3.8) is 0 Å². The molecule has 0 radical (unpaired) electrons. The quantitative estimate of drug-likeness (QED) is 0.727. The second-order valence-corrected chi connectivity index (χ2v) is 11.6. The van der Waals surface area contributed by atoms with Crippen LogP contribution >= 0.6 is 11.8 Å². The molecule has 5 rings (SSSR count). The Morgan fingerprint density at radius 3 is 2.40 bits per heavy atom. The molecule has 0 aliphatic carbocycles. The highest BCUT2D eigenvalue weighted by Crippen LogP contribution is 2.44. The van der Waals surface area contributed by atoms with E-state index in [-0.39, 0.29) is 6.04 Å². The number of benzene rings is 2. The summed E-state index contributed by atoms with van der Waals surface area (Å²) < 4.78 is 28.1. The van der Waals surface area contributed by atoms with Crippen LogP contribution in [0.3, 0.4) is 0 Å².